The summed E-state index contributed by atoms with van der Waals surface area (Å²) in [6.07, 6.45) is 2.62. The minimum absolute atomic E-state index is 0.0732. The first-order chi connectivity index (χ1) is 10.1. The lowest BCUT2D eigenvalue weighted by atomic mass is 10.2. The van der Waals surface area contributed by atoms with Gasteiger partial charge < -0.3 is 14.6 Å². The fraction of sp³-hybridized carbons (Fsp3) is 0.600. The molecule has 1 aromatic heterocycles. The van der Waals surface area contributed by atoms with E-state index in [0.29, 0.717) is 11.7 Å². The zero-order chi connectivity index (χ0) is 15.4. The topological polar surface area (TPSA) is 65.8 Å². The van der Waals surface area contributed by atoms with Crippen LogP contribution in [0.4, 0.5) is 0 Å². The van der Waals surface area contributed by atoms with Gasteiger partial charge in [-0.3, -0.25) is 14.5 Å². The Hall–Kier alpha value is -1.82. The van der Waals surface area contributed by atoms with Crippen molar-refractivity contribution in [2.75, 3.05) is 26.2 Å². The zero-order valence-electron chi connectivity index (χ0n) is 12.7. The average molecular weight is 293 g/mol. The SMILES string of the molecule is CCN(CC)C1CCN(C(=O)c2cccn2CC(=O)O)C1. The van der Waals surface area contributed by atoms with Crippen LogP contribution in [0.2, 0.25) is 0 Å². The molecule has 0 aliphatic carbocycles. The summed E-state index contributed by atoms with van der Waals surface area (Å²) in [4.78, 5) is 27.6. The van der Waals surface area contributed by atoms with Crippen molar-refractivity contribution >= 4 is 11.9 Å². The highest BCUT2D eigenvalue weighted by Crippen LogP contribution is 2.18. The van der Waals surface area contributed by atoms with Crippen molar-refractivity contribution in [1.29, 1.82) is 0 Å². The van der Waals surface area contributed by atoms with Crippen LogP contribution in [0.1, 0.15) is 30.8 Å². The molecule has 1 aliphatic heterocycles. The number of aromatic nitrogens is 1. The second kappa shape index (κ2) is 6.76. The van der Waals surface area contributed by atoms with Gasteiger partial charge in [0.15, 0.2) is 0 Å². The van der Waals surface area contributed by atoms with Crippen LogP contribution in [0.3, 0.4) is 0 Å². The van der Waals surface area contributed by atoms with Crippen LogP contribution in [0.5, 0.6) is 0 Å². The Kier molecular flexibility index (Phi) is 5.01. The maximum Gasteiger partial charge on any atom is 0.323 e. The Bertz CT molecular complexity index is 508. The third kappa shape index (κ3) is 3.44. The molecule has 1 amide bonds. The molecule has 0 bridgehead atoms. The van der Waals surface area contributed by atoms with Crippen LogP contribution in [0.15, 0.2) is 18.3 Å². The van der Waals surface area contributed by atoms with Gasteiger partial charge in [0.2, 0.25) is 0 Å². The maximum atomic E-state index is 12.5. The first kappa shape index (κ1) is 15.6. The molecule has 0 saturated carbocycles. The molecular weight excluding hydrogens is 270 g/mol. The number of likely N-dealkylation sites (tertiary alicyclic amines) is 1. The summed E-state index contributed by atoms with van der Waals surface area (Å²) >= 11 is 0. The molecular formula is C15H23N3O3. The third-order valence-electron chi connectivity index (χ3n) is 4.13. The molecule has 0 spiro atoms. The highest BCUT2D eigenvalue weighted by Gasteiger charge is 2.30. The molecule has 6 nitrogen and oxygen atoms in total. The highest BCUT2D eigenvalue weighted by molar-refractivity contribution is 5.93. The number of carboxylic acid groups (broad SMARTS) is 1. The smallest absolute Gasteiger partial charge is 0.323 e. The molecule has 2 rings (SSSR count). The summed E-state index contributed by atoms with van der Waals surface area (Å²) in [6.45, 7) is 7.51. The van der Waals surface area contributed by atoms with Crippen molar-refractivity contribution in [3.05, 3.63) is 24.0 Å². The molecule has 1 aromatic rings. The Labute approximate surface area is 124 Å². The molecule has 0 radical (unpaired) electrons. The summed E-state index contributed by atoms with van der Waals surface area (Å²) in [5.74, 6) is -1.02. The van der Waals surface area contributed by atoms with E-state index in [4.69, 9.17) is 5.11 Å². The Morgan fingerprint density at radius 2 is 2.10 bits per heavy atom. The summed E-state index contributed by atoms with van der Waals surface area (Å²) in [7, 11) is 0. The highest BCUT2D eigenvalue weighted by atomic mass is 16.4. The van der Waals surface area contributed by atoms with Crippen LogP contribution in [-0.4, -0.2) is 63.6 Å². The molecule has 1 aliphatic rings. The number of hydrogen-bond donors (Lipinski definition) is 1. The van der Waals surface area contributed by atoms with E-state index in [1.807, 2.05) is 4.90 Å². The lowest BCUT2D eigenvalue weighted by molar-refractivity contribution is -0.137. The Balaban J connectivity index is 2.05. The summed E-state index contributed by atoms with van der Waals surface area (Å²) in [5, 5.41) is 8.88. The van der Waals surface area contributed by atoms with Gasteiger partial charge in [0.05, 0.1) is 0 Å². The number of carbonyl (C=O) groups is 2. The normalized spacial score (nSPS) is 18.4. The largest absolute Gasteiger partial charge is 0.480 e. The molecule has 21 heavy (non-hydrogen) atoms. The fourth-order valence-electron chi connectivity index (χ4n) is 3.02. The van der Waals surface area contributed by atoms with Gasteiger partial charge in [0.25, 0.3) is 5.91 Å². The number of likely N-dealkylation sites (N-methyl/N-ethyl adjacent to an activating group) is 1. The standard InChI is InChI=1S/C15H23N3O3/c1-3-16(4-2)12-7-9-18(10-12)15(21)13-6-5-8-17(13)11-14(19)20/h5-6,8,12H,3-4,7,9-11H2,1-2H3,(H,19,20). The van der Waals surface area contributed by atoms with Crippen LogP contribution >= 0.6 is 0 Å². The minimum Gasteiger partial charge on any atom is -0.480 e. The maximum absolute atomic E-state index is 12.5. The molecule has 1 saturated heterocycles. The lowest BCUT2D eigenvalue weighted by Crippen LogP contribution is -2.39. The summed E-state index contributed by atoms with van der Waals surface area (Å²) in [6, 6.07) is 3.82. The second-order valence-electron chi connectivity index (χ2n) is 5.33. The predicted octanol–water partition coefficient (Wildman–Crippen LogP) is 1.13. The predicted molar refractivity (Wildman–Crippen MR) is 79.3 cm³/mol. The molecule has 1 unspecified atom stereocenters. The first-order valence-electron chi connectivity index (χ1n) is 7.47. The van der Waals surface area contributed by atoms with E-state index in [1.54, 1.807) is 18.3 Å². The van der Waals surface area contributed by atoms with Crippen molar-refractivity contribution in [1.82, 2.24) is 14.4 Å². The van der Waals surface area contributed by atoms with Gasteiger partial charge in [-0.1, -0.05) is 13.8 Å². The van der Waals surface area contributed by atoms with Gasteiger partial charge in [-0.25, -0.2) is 0 Å². The van der Waals surface area contributed by atoms with Crippen molar-refractivity contribution < 1.29 is 14.7 Å². The number of rotatable bonds is 6. The van der Waals surface area contributed by atoms with Gasteiger partial charge >= 0.3 is 5.97 Å². The van der Waals surface area contributed by atoms with E-state index in [0.717, 1.165) is 32.6 Å². The molecule has 1 fully saturated rings. The zero-order valence-corrected chi connectivity index (χ0v) is 12.7. The quantitative estimate of drug-likeness (QED) is 0.854. The number of aliphatic carboxylic acids is 1. The van der Waals surface area contributed by atoms with E-state index in [9.17, 15) is 9.59 Å². The van der Waals surface area contributed by atoms with Crippen LogP contribution in [-0.2, 0) is 11.3 Å². The summed E-state index contributed by atoms with van der Waals surface area (Å²) in [5.41, 5.74) is 0.456. The van der Waals surface area contributed by atoms with Crippen LogP contribution in [0, 0.1) is 0 Å². The van der Waals surface area contributed by atoms with Crippen molar-refractivity contribution in [3.8, 4) is 0 Å². The van der Waals surface area contributed by atoms with Crippen LogP contribution in [0.25, 0.3) is 0 Å². The number of hydrogen-bond acceptors (Lipinski definition) is 3. The van der Waals surface area contributed by atoms with Gasteiger partial charge in [-0.15, -0.1) is 0 Å². The van der Waals surface area contributed by atoms with Crippen molar-refractivity contribution in [2.45, 2.75) is 32.9 Å². The van der Waals surface area contributed by atoms with E-state index in [1.165, 1.54) is 4.57 Å². The number of nitrogens with zero attached hydrogens (tertiary/aromatic N) is 3. The average Bonchev–Trinajstić information content (AvgIpc) is 3.08. The third-order valence-corrected chi connectivity index (χ3v) is 4.13. The molecule has 1 atom stereocenters. The monoisotopic (exact) mass is 293 g/mol. The number of carboxylic acids is 1. The summed E-state index contributed by atoms with van der Waals surface area (Å²) < 4.78 is 1.50. The van der Waals surface area contributed by atoms with Crippen molar-refractivity contribution in [3.63, 3.8) is 0 Å². The lowest BCUT2D eigenvalue weighted by Gasteiger charge is -2.26. The Morgan fingerprint density at radius 1 is 1.38 bits per heavy atom. The first-order valence-corrected chi connectivity index (χ1v) is 7.47. The van der Waals surface area contributed by atoms with E-state index < -0.39 is 5.97 Å². The Morgan fingerprint density at radius 3 is 2.71 bits per heavy atom. The number of amides is 1. The minimum atomic E-state index is -0.942. The van der Waals surface area contributed by atoms with Crippen LogP contribution < -0.4 is 0 Å². The van der Waals surface area contributed by atoms with E-state index >= 15 is 0 Å². The fourth-order valence-corrected chi connectivity index (χ4v) is 3.02. The van der Waals surface area contributed by atoms with Gasteiger partial charge in [0.1, 0.15) is 12.2 Å². The van der Waals surface area contributed by atoms with Gasteiger partial charge in [0, 0.05) is 25.3 Å². The molecule has 1 N–H and O–H groups in total. The van der Waals surface area contributed by atoms with Crippen molar-refractivity contribution in [2.24, 2.45) is 0 Å². The van der Waals surface area contributed by atoms with Gasteiger partial charge in [-0.2, -0.15) is 0 Å². The van der Waals surface area contributed by atoms with Gasteiger partial charge in [-0.05, 0) is 31.6 Å². The van der Waals surface area contributed by atoms with E-state index in [-0.39, 0.29) is 12.5 Å². The second-order valence-corrected chi connectivity index (χ2v) is 5.33. The molecule has 2 heterocycles. The molecule has 6 heteroatoms. The number of carbonyl (C=O) groups excluding carboxylic acids is 1. The van der Waals surface area contributed by atoms with E-state index in [2.05, 4.69) is 18.7 Å². The molecule has 116 valence electrons. The molecule has 0 aromatic carbocycles.